The molecule has 0 fully saturated rings. The van der Waals surface area contributed by atoms with Crippen LogP contribution in [0.15, 0.2) is 53.7 Å². The van der Waals surface area contributed by atoms with Crippen molar-refractivity contribution in [2.45, 2.75) is 0 Å². The summed E-state index contributed by atoms with van der Waals surface area (Å²) in [6, 6.07) is 13.1. The second kappa shape index (κ2) is 7.99. The first-order valence-corrected chi connectivity index (χ1v) is 6.81. The molecule has 0 atom stereocenters. The summed E-state index contributed by atoms with van der Waals surface area (Å²) in [5, 5.41) is 15.0. The highest BCUT2D eigenvalue weighted by molar-refractivity contribution is 6.30. The van der Waals surface area contributed by atoms with Gasteiger partial charge in [0, 0.05) is 22.7 Å². The van der Waals surface area contributed by atoms with Gasteiger partial charge in [-0.2, -0.15) is 0 Å². The number of hydrogen-bond donors (Lipinski definition) is 0. The molecule has 0 radical (unpaired) electrons. The van der Waals surface area contributed by atoms with Gasteiger partial charge in [-0.1, -0.05) is 35.0 Å². The molecule has 22 heavy (non-hydrogen) atoms. The first kappa shape index (κ1) is 15.8. The monoisotopic (exact) mass is 320 g/mol. The molecule has 0 aromatic heterocycles. The van der Waals surface area contributed by atoms with E-state index in [1.807, 2.05) is 0 Å². The summed E-state index contributed by atoms with van der Waals surface area (Å²) in [6.45, 7) is 0.560. The second-order valence-corrected chi connectivity index (χ2v) is 4.66. The molecule has 0 heterocycles. The van der Waals surface area contributed by atoms with E-state index in [0.717, 1.165) is 0 Å². The Balaban J connectivity index is 1.74. The zero-order chi connectivity index (χ0) is 15.8. The van der Waals surface area contributed by atoms with E-state index in [2.05, 4.69) is 5.16 Å². The Bertz CT molecular complexity index is 676. The summed E-state index contributed by atoms with van der Waals surface area (Å²) in [6.07, 6.45) is 1.41. The van der Waals surface area contributed by atoms with E-state index < -0.39 is 4.92 Å². The van der Waals surface area contributed by atoms with E-state index in [-0.39, 0.29) is 12.3 Å². The minimum Gasteiger partial charge on any atom is -0.490 e. The van der Waals surface area contributed by atoms with Crippen LogP contribution < -0.4 is 4.74 Å². The second-order valence-electron chi connectivity index (χ2n) is 4.23. The first-order valence-electron chi connectivity index (χ1n) is 6.43. The van der Waals surface area contributed by atoms with Crippen molar-refractivity contribution in [3.63, 3.8) is 0 Å². The van der Waals surface area contributed by atoms with Gasteiger partial charge in [-0.25, -0.2) is 0 Å². The lowest BCUT2D eigenvalue weighted by Crippen LogP contribution is -2.04. The average molecular weight is 321 g/mol. The van der Waals surface area contributed by atoms with Crippen molar-refractivity contribution >= 4 is 23.5 Å². The molecule has 6 nitrogen and oxygen atoms in total. The average Bonchev–Trinajstić information content (AvgIpc) is 2.51. The molecule has 0 aliphatic heterocycles. The number of non-ortho nitro benzene ring substituents is 1. The van der Waals surface area contributed by atoms with Crippen LogP contribution in [0.5, 0.6) is 5.75 Å². The molecule has 2 aromatic rings. The van der Waals surface area contributed by atoms with Crippen molar-refractivity contribution in [3.05, 3.63) is 69.2 Å². The van der Waals surface area contributed by atoms with Crippen molar-refractivity contribution in [2.24, 2.45) is 5.16 Å². The Morgan fingerprint density at radius 2 is 2.00 bits per heavy atom. The number of hydrogen-bond acceptors (Lipinski definition) is 5. The lowest BCUT2D eigenvalue weighted by molar-refractivity contribution is -0.384. The fourth-order valence-corrected chi connectivity index (χ4v) is 1.80. The molecule has 0 spiro atoms. The Kier molecular flexibility index (Phi) is 5.73. The summed E-state index contributed by atoms with van der Waals surface area (Å²) in [5.41, 5.74) is 0.596. The first-order chi connectivity index (χ1) is 10.6. The molecular weight excluding hydrogens is 308 g/mol. The summed E-state index contributed by atoms with van der Waals surface area (Å²) >= 11 is 5.83. The van der Waals surface area contributed by atoms with Crippen LogP contribution in [0.1, 0.15) is 5.56 Å². The number of halogens is 1. The van der Waals surface area contributed by atoms with E-state index in [9.17, 15) is 10.1 Å². The van der Waals surface area contributed by atoms with E-state index in [4.69, 9.17) is 21.2 Å². The molecule has 7 heteroatoms. The van der Waals surface area contributed by atoms with Crippen LogP contribution in [0, 0.1) is 10.1 Å². The van der Waals surface area contributed by atoms with Gasteiger partial charge in [0.2, 0.25) is 0 Å². The number of ether oxygens (including phenoxy) is 1. The number of nitro groups is 1. The number of benzene rings is 2. The van der Waals surface area contributed by atoms with Crippen LogP contribution in [-0.2, 0) is 4.84 Å². The third kappa shape index (κ3) is 5.06. The molecule has 2 rings (SSSR count). The van der Waals surface area contributed by atoms with Gasteiger partial charge in [-0.05, 0) is 18.2 Å². The third-order valence-electron chi connectivity index (χ3n) is 2.60. The number of oxime groups is 1. The third-order valence-corrected chi connectivity index (χ3v) is 2.83. The minimum absolute atomic E-state index is 0.00763. The number of nitro benzene ring substituents is 1. The van der Waals surface area contributed by atoms with Crippen molar-refractivity contribution in [1.82, 2.24) is 0 Å². The van der Waals surface area contributed by atoms with Gasteiger partial charge in [-0.15, -0.1) is 0 Å². The van der Waals surface area contributed by atoms with Gasteiger partial charge in [0.25, 0.3) is 5.69 Å². The maximum absolute atomic E-state index is 10.6. The smallest absolute Gasteiger partial charge is 0.270 e. The predicted molar refractivity (Wildman–Crippen MR) is 83.6 cm³/mol. The van der Waals surface area contributed by atoms with Gasteiger partial charge in [0.05, 0.1) is 11.1 Å². The minimum atomic E-state index is -0.461. The highest BCUT2D eigenvalue weighted by Gasteiger charge is 2.03. The molecule has 0 aliphatic carbocycles. The summed E-state index contributed by atoms with van der Waals surface area (Å²) in [7, 11) is 0. The number of rotatable bonds is 7. The van der Waals surface area contributed by atoms with Crippen LogP contribution in [0.3, 0.4) is 0 Å². The summed E-state index contributed by atoms with van der Waals surface area (Å²) in [4.78, 5) is 15.2. The Labute approximate surface area is 132 Å². The highest BCUT2D eigenvalue weighted by atomic mass is 35.5. The zero-order valence-corrected chi connectivity index (χ0v) is 12.3. The van der Waals surface area contributed by atoms with Crippen molar-refractivity contribution in [3.8, 4) is 5.75 Å². The lowest BCUT2D eigenvalue weighted by atomic mass is 10.2. The van der Waals surface area contributed by atoms with Crippen molar-refractivity contribution in [2.75, 3.05) is 13.2 Å². The van der Waals surface area contributed by atoms with Crippen molar-refractivity contribution < 1.29 is 14.5 Å². The standard InChI is InChI=1S/C15H13ClN2O4/c16-13-4-2-6-15(10-13)21-7-8-22-17-11-12-3-1-5-14(9-12)18(19)20/h1-6,9-11H,7-8H2/b17-11+. The fraction of sp³-hybridized carbons (Fsp3) is 0.133. The molecular formula is C15H13ClN2O4. The SMILES string of the molecule is O=[N+]([O-])c1cccc(/C=N/OCCOc2cccc(Cl)c2)c1. The normalized spacial score (nSPS) is 10.6. The van der Waals surface area contributed by atoms with Crippen LogP contribution >= 0.6 is 11.6 Å². The predicted octanol–water partition coefficient (Wildman–Crippen LogP) is 3.68. The lowest BCUT2D eigenvalue weighted by Gasteiger charge is -2.05. The molecule has 0 saturated carbocycles. The van der Waals surface area contributed by atoms with Gasteiger partial charge < -0.3 is 9.57 Å². The summed E-state index contributed by atoms with van der Waals surface area (Å²) < 4.78 is 5.42. The Morgan fingerprint density at radius 1 is 1.18 bits per heavy atom. The van der Waals surface area contributed by atoms with Gasteiger partial charge in [-0.3, -0.25) is 10.1 Å². The molecule has 2 aromatic carbocycles. The van der Waals surface area contributed by atoms with Crippen LogP contribution in [-0.4, -0.2) is 24.4 Å². The molecule has 0 saturated heterocycles. The van der Waals surface area contributed by atoms with Crippen LogP contribution in [0.2, 0.25) is 5.02 Å². The maximum atomic E-state index is 10.6. The van der Waals surface area contributed by atoms with Gasteiger partial charge in [0.1, 0.15) is 12.4 Å². The van der Waals surface area contributed by atoms with E-state index in [0.29, 0.717) is 22.9 Å². The zero-order valence-electron chi connectivity index (χ0n) is 11.5. The molecule has 0 bridgehead atoms. The molecule has 114 valence electrons. The molecule has 0 N–H and O–H groups in total. The van der Waals surface area contributed by atoms with Crippen molar-refractivity contribution in [1.29, 1.82) is 0 Å². The number of nitrogens with zero attached hydrogens (tertiary/aromatic N) is 2. The Morgan fingerprint density at radius 3 is 2.77 bits per heavy atom. The summed E-state index contributed by atoms with van der Waals surface area (Å²) in [5.74, 6) is 0.652. The molecule has 0 aliphatic rings. The van der Waals surface area contributed by atoms with E-state index >= 15 is 0 Å². The quantitative estimate of drug-likeness (QED) is 0.337. The Hall–Kier alpha value is -2.60. The van der Waals surface area contributed by atoms with Gasteiger partial charge >= 0.3 is 0 Å². The topological polar surface area (TPSA) is 74.0 Å². The van der Waals surface area contributed by atoms with Crippen LogP contribution in [0.4, 0.5) is 5.69 Å². The fourth-order valence-electron chi connectivity index (χ4n) is 1.62. The maximum Gasteiger partial charge on any atom is 0.270 e. The van der Waals surface area contributed by atoms with Crippen LogP contribution in [0.25, 0.3) is 0 Å². The highest BCUT2D eigenvalue weighted by Crippen LogP contribution is 2.16. The largest absolute Gasteiger partial charge is 0.490 e. The van der Waals surface area contributed by atoms with Gasteiger partial charge in [0.15, 0.2) is 6.61 Å². The molecule has 0 amide bonds. The molecule has 0 unspecified atom stereocenters. The van der Waals surface area contributed by atoms with E-state index in [1.165, 1.54) is 18.3 Å². The van der Waals surface area contributed by atoms with E-state index in [1.54, 1.807) is 36.4 Å².